The van der Waals surface area contributed by atoms with Gasteiger partial charge < -0.3 is 19.3 Å². The third-order valence-corrected chi connectivity index (χ3v) is 10.1. The largest absolute Gasteiger partial charge is 0.458 e. The molecule has 10 atom stereocenters. The van der Waals surface area contributed by atoms with Crippen LogP contribution in [0, 0.1) is 29.6 Å². The fraction of sp³-hybridized carbons (Fsp3) is 0.821. The molecular formula is C28H45N3O7S. The summed E-state index contributed by atoms with van der Waals surface area (Å²) in [6, 6.07) is 0. The van der Waals surface area contributed by atoms with Crippen LogP contribution in [0.25, 0.3) is 0 Å². The Bertz CT molecular complexity index is 1010. The van der Waals surface area contributed by atoms with Crippen LogP contribution in [-0.4, -0.2) is 79.1 Å². The first-order valence-corrected chi connectivity index (χ1v) is 15.0. The Hall–Kier alpha value is -1.98. The fourth-order valence-electron chi connectivity index (χ4n) is 6.53. The average Bonchev–Trinajstić information content (AvgIpc) is 3.50. The number of carbonyl (C=O) groups excluding carboxylic acids is 3. The second kappa shape index (κ2) is 12.7. The lowest BCUT2D eigenvalue weighted by Gasteiger charge is -2.42. The Kier molecular flexibility index (Phi) is 10.3. The molecule has 0 spiro atoms. The van der Waals surface area contributed by atoms with Gasteiger partial charge in [0.2, 0.25) is 0 Å². The molecule has 11 heteroatoms. The van der Waals surface area contributed by atoms with E-state index in [1.54, 1.807) is 32.0 Å². The molecule has 0 amide bonds. The van der Waals surface area contributed by atoms with Gasteiger partial charge >= 0.3 is 11.9 Å². The van der Waals surface area contributed by atoms with E-state index in [0.717, 1.165) is 0 Å². The summed E-state index contributed by atoms with van der Waals surface area (Å²) in [5, 5.41) is 14.6. The molecule has 0 bridgehead atoms. The standard InChI is InChI=1S/C28H45N3O7S/c1-9-20-28(7)21(24(26(35)38-28)39-11-10-31-15-29-14-30-31)18(4)22(32)16(2)12-27(6,36-8)13-17(3)23(33)19(5)25(34)37-20/h14-21,23-24,33H,9-13H2,1-8H3. The molecule has 1 N–H and O–H groups in total. The first-order chi connectivity index (χ1) is 18.3. The van der Waals surface area contributed by atoms with E-state index in [4.69, 9.17) is 14.2 Å². The van der Waals surface area contributed by atoms with E-state index < -0.39 is 58.4 Å². The summed E-state index contributed by atoms with van der Waals surface area (Å²) in [4.78, 5) is 44.6. The number of cyclic esters (lactones) is 1. The minimum absolute atomic E-state index is 0.00878. The molecule has 10 unspecified atom stereocenters. The van der Waals surface area contributed by atoms with E-state index in [9.17, 15) is 19.5 Å². The van der Waals surface area contributed by atoms with Gasteiger partial charge in [0, 0.05) is 30.6 Å². The number of ketones is 1. The molecule has 2 aliphatic rings. The normalized spacial score (nSPS) is 40.5. The zero-order valence-corrected chi connectivity index (χ0v) is 25.3. The maximum absolute atomic E-state index is 14.0. The minimum atomic E-state index is -1.22. The van der Waals surface area contributed by atoms with Crippen molar-refractivity contribution in [1.29, 1.82) is 0 Å². The number of aliphatic hydroxyl groups excluding tert-OH is 1. The quantitative estimate of drug-likeness (QED) is 0.511. The number of ether oxygens (including phenoxy) is 3. The number of nitrogens with zero attached hydrogens (tertiary/aromatic N) is 3. The number of thioether (sulfide) groups is 1. The lowest BCUT2D eigenvalue weighted by Crippen LogP contribution is -2.53. The zero-order chi connectivity index (χ0) is 29.1. The van der Waals surface area contributed by atoms with Crippen LogP contribution in [-0.2, 0) is 35.1 Å². The highest BCUT2D eigenvalue weighted by Gasteiger charge is 2.61. The van der Waals surface area contributed by atoms with Gasteiger partial charge in [0.05, 0.1) is 24.2 Å². The molecule has 0 aliphatic carbocycles. The van der Waals surface area contributed by atoms with Gasteiger partial charge in [-0.2, -0.15) is 5.10 Å². The number of aliphatic hydroxyl groups is 1. The molecule has 0 aromatic carbocycles. The molecule has 3 heterocycles. The average molecular weight is 568 g/mol. The molecule has 10 nitrogen and oxygen atoms in total. The summed E-state index contributed by atoms with van der Waals surface area (Å²) in [6.07, 6.45) is 2.63. The van der Waals surface area contributed by atoms with Gasteiger partial charge in [0.15, 0.2) is 5.60 Å². The fourth-order valence-corrected chi connectivity index (χ4v) is 7.98. The third-order valence-electron chi connectivity index (χ3n) is 8.82. The summed E-state index contributed by atoms with van der Waals surface area (Å²) in [5.41, 5.74) is -1.90. The Morgan fingerprint density at radius 2 is 1.82 bits per heavy atom. The highest BCUT2D eigenvalue weighted by atomic mass is 32.2. The second-order valence-corrected chi connectivity index (χ2v) is 13.1. The van der Waals surface area contributed by atoms with Crippen LogP contribution in [0.15, 0.2) is 12.7 Å². The van der Waals surface area contributed by atoms with E-state index in [1.807, 2.05) is 34.6 Å². The number of hydrogen-bond acceptors (Lipinski definition) is 10. The second-order valence-electron chi connectivity index (χ2n) is 11.8. The number of carbonyl (C=O) groups is 3. The van der Waals surface area contributed by atoms with Crippen molar-refractivity contribution in [2.45, 2.75) is 103 Å². The molecule has 1 aromatic rings. The van der Waals surface area contributed by atoms with E-state index in [-0.39, 0.29) is 17.6 Å². The zero-order valence-electron chi connectivity index (χ0n) is 24.5. The summed E-state index contributed by atoms with van der Waals surface area (Å²) in [6.45, 7) is 13.4. The maximum Gasteiger partial charge on any atom is 0.320 e. The number of aryl methyl sites for hydroxylation is 1. The van der Waals surface area contributed by atoms with Gasteiger partial charge in [-0.3, -0.25) is 19.1 Å². The Morgan fingerprint density at radius 3 is 2.41 bits per heavy atom. The van der Waals surface area contributed by atoms with Crippen molar-refractivity contribution in [3.63, 3.8) is 0 Å². The predicted molar refractivity (Wildman–Crippen MR) is 147 cm³/mol. The van der Waals surface area contributed by atoms with Gasteiger partial charge in [-0.25, -0.2) is 4.98 Å². The van der Waals surface area contributed by atoms with Crippen LogP contribution in [0.1, 0.15) is 67.7 Å². The van der Waals surface area contributed by atoms with Gasteiger partial charge in [-0.1, -0.05) is 27.7 Å². The lowest BCUT2D eigenvalue weighted by atomic mass is 9.70. The molecule has 0 radical (unpaired) electrons. The van der Waals surface area contributed by atoms with E-state index >= 15 is 0 Å². The molecule has 0 saturated carbocycles. The van der Waals surface area contributed by atoms with E-state index in [2.05, 4.69) is 10.1 Å². The highest BCUT2D eigenvalue weighted by molar-refractivity contribution is 8.00. The number of esters is 2. The molecule has 1 aromatic heterocycles. The molecule has 3 rings (SSSR count). The van der Waals surface area contributed by atoms with Crippen LogP contribution in [0.3, 0.4) is 0 Å². The molecule has 2 fully saturated rings. The van der Waals surface area contributed by atoms with Crippen molar-refractivity contribution in [3.05, 3.63) is 12.7 Å². The minimum Gasteiger partial charge on any atom is -0.458 e. The summed E-state index contributed by atoms with van der Waals surface area (Å²) >= 11 is 1.42. The smallest absolute Gasteiger partial charge is 0.320 e. The third kappa shape index (κ3) is 6.68. The Morgan fingerprint density at radius 1 is 1.13 bits per heavy atom. The number of aromatic nitrogens is 3. The SMILES string of the molecule is CCC1OC(=O)C(C)C(O)C(C)CC(C)(OC)CC(C)C(=O)C(C)C2C(SCCn3cncn3)C(=O)OC12C. The summed E-state index contributed by atoms with van der Waals surface area (Å²) in [7, 11) is 1.61. The van der Waals surface area contributed by atoms with Crippen molar-refractivity contribution >= 4 is 29.5 Å². The van der Waals surface area contributed by atoms with Crippen molar-refractivity contribution < 1.29 is 33.7 Å². The number of methoxy groups -OCH3 is 1. The van der Waals surface area contributed by atoms with Gasteiger partial charge in [0.25, 0.3) is 0 Å². The van der Waals surface area contributed by atoms with E-state index in [0.29, 0.717) is 31.6 Å². The van der Waals surface area contributed by atoms with Crippen LogP contribution in [0.4, 0.5) is 0 Å². The first-order valence-electron chi connectivity index (χ1n) is 13.9. The van der Waals surface area contributed by atoms with Crippen molar-refractivity contribution in [3.8, 4) is 0 Å². The number of fused-ring (bicyclic) bond motifs is 1. The van der Waals surface area contributed by atoms with Crippen LogP contribution in [0.5, 0.6) is 0 Å². The van der Waals surface area contributed by atoms with Crippen molar-refractivity contribution in [1.82, 2.24) is 14.8 Å². The summed E-state index contributed by atoms with van der Waals surface area (Å²) in [5.74, 6) is -2.91. The van der Waals surface area contributed by atoms with Crippen molar-refractivity contribution in [2.24, 2.45) is 29.6 Å². The lowest BCUT2D eigenvalue weighted by molar-refractivity contribution is -0.186. The molecule has 2 aliphatic heterocycles. The van der Waals surface area contributed by atoms with Gasteiger partial charge in [0.1, 0.15) is 29.8 Å². The van der Waals surface area contributed by atoms with Gasteiger partial charge in [-0.15, -0.1) is 11.8 Å². The first kappa shape index (κ1) is 31.5. The Labute approximate surface area is 235 Å². The monoisotopic (exact) mass is 567 g/mol. The number of hydrogen-bond donors (Lipinski definition) is 1. The number of rotatable bonds is 6. The Balaban J connectivity index is 2.01. The van der Waals surface area contributed by atoms with Crippen molar-refractivity contribution in [2.75, 3.05) is 12.9 Å². The highest BCUT2D eigenvalue weighted by Crippen LogP contribution is 2.48. The van der Waals surface area contributed by atoms with E-state index in [1.165, 1.54) is 18.1 Å². The maximum atomic E-state index is 14.0. The molecular weight excluding hydrogens is 522 g/mol. The predicted octanol–water partition coefficient (Wildman–Crippen LogP) is 3.31. The summed E-state index contributed by atoms with van der Waals surface area (Å²) < 4.78 is 19.6. The topological polar surface area (TPSA) is 130 Å². The van der Waals surface area contributed by atoms with Crippen LogP contribution >= 0.6 is 11.8 Å². The number of Topliss-reactive ketones (excluding diaryl/α,β-unsaturated/α-hetero) is 1. The van der Waals surface area contributed by atoms with Gasteiger partial charge in [-0.05, 0) is 46.0 Å². The van der Waals surface area contributed by atoms with Crippen LogP contribution in [0.2, 0.25) is 0 Å². The van der Waals surface area contributed by atoms with Crippen LogP contribution < -0.4 is 0 Å². The molecule has 220 valence electrons. The molecule has 39 heavy (non-hydrogen) atoms. The molecule has 2 saturated heterocycles.